The molecule has 0 aromatic carbocycles. The van der Waals surface area contributed by atoms with Gasteiger partial charge in [0.05, 0.1) is 4.88 Å². The van der Waals surface area contributed by atoms with Crippen LogP contribution in [0.25, 0.3) is 10.7 Å². The number of aryl methyl sites for hydroxylation is 1. The van der Waals surface area contributed by atoms with E-state index in [-0.39, 0.29) is 0 Å². The van der Waals surface area contributed by atoms with E-state index in [2.05, 4.69) is 15.0 Å². The molecule has 1 aliphatic heterocycles. The average molecular weight is 307 g/mol. The Morgan fingerprint density at radius 3 is 3.24 bits per heavy atom. The van der Waals surface area contributed by atoms with Gasteiger partial charge >= 0.3 is 0 Å². The monoisotopic (exact) mass is 307 g/mol. The topological polar surface area (TPSA) is 62.4 Å². The maximum absolute atomic E-state index is 8.97. The second-order valence-electron chi connectivity index (χ2n) is 5.56. The number of rotatable bonds is 7. The quantitative estimate of drug-likeness (QED) is 0.851. The van der Waals surface area contributed by atoms with Crippen molar-refractivity contribution in [2.24, 2.45) is 5.92 Å². The van der Waals surface area contributed by atoms with Gasteiger partial charge in [0.1, 0.15) is 0 Å². The summed E-state index contributed by atoms with van der Waals surface area (Å²) >= 11 is 1.62. The van der Waals surface area contributed by atoms with Gasteiger partial charge in [-0.15, -0.1) is 11.3 Å². The third-order valence-electron chi connectivity index (χ3n) is 3.98. The Bertz CT molecular complexity index is 541. The summed E-state index contributed by atoms with van der Waals surface area (Å²) in [5.41, 5.74) is 0. The van der Waals surface area contributed by atoms with Gasteiger partial charge in [0.15, 0.2) is 0 Å². The number of aliphatic hydroxyl groups excluding tert-OH is 1. The van der Waals surface area contributed by atoms with Crippen LogP contribution in [0.2, 0.25) is 0 Å². The molecule has 0 radical (unpaired) electrons. The molecule has 0 spiro atoms. The van der Waals surface area contributed by atoms with E-state index in [1.165, 1.54) is 6.42 Å². The summed E-state index contributed by atoms with van der Waals surface area (Å²) in [7, 11) is 0. The summed E-state index contributed by atoms with van der Waals surface area (Å²) in [5.74, 6) is 2.09. The predicted octanol–water partition coefficient (Wildman–Crippen LogP) is 2.44. The molecule has 5 nitrogen and oxygen atoms in total. The molecule has 0 aliphatic carbocycles. The molecule has 0 amide bonds. The molecule has 2 aromatic rings. The van der Waals surface area contributed by atoms with Crippen molar-refractivity contribution in [3.05, 3.63) is 23.4 Å². The molecule has 1 saturated heterocycles. The van der Waals surface area contributed by atoms with E-state index in [1.54, 1.807) is 11.3 Å². The van der Waals surface area contributed by atoms with Crippen LogP contribution in [-0.2, 0) is 6.42 Å². The van der Waals surface area contributed by atoms with Crippen molar-refractivity contribution < 1.29 is 9.63 Å². The van der Waals surface area contributed by atoms with Crippen LogP contribution < -0.4 is 0 Å². The van der Waals surface area contributed by atoms with Crippen LogP contribution in [0.4, 0.5) is 0 Å². The zero-order chi connectivity index (χ0) is 14.5. The molecule has 1 aliphatic rings. The largest absolute Gasteiger partial charge is 0.396 e. The van der Waals surface area contributed by atoms with Crippen LogP contribution in [-0.4, -0.2) is 46.4 Å². The van der Waals surface area contributed by atoms with Crippen molar-refractivity contribution in [2.45, 2.75) is 25.7 Å². The summed E-state index contributed by atoms with van der Waals surface area (Å²) in [4.78, 5) is 7.96. The first-order valence-corrected chi connectivity index (χ1v) is 8.43. The highest BCUT2D eigenvalue weighted by Gasteiger charge is 2.21. The maximum Gasteiger partial charge on any atom is 0.227 e. The zero-order valence-corrected chi connectivity index (χ0v) is 12.9. The van der Waals surface area contributed by atoms with Crippen molar-refractivity contribution >= 4 is 11.3 Å². The standard InChI is InChI=1S/C15H21N3O2S/c19-9-6-12-5-8-18(11-12)7-1-4-14-16-15(17-20-14)13-3-2-10-21-13/h2-3,10,12,19H,1,4-9,11H2. The van der Waals surface area contributed by atoms with Crippen molar-refractivity contribution in [2.75, 3.05) is 26.2 Å². The lowest BCUT2D eigenvalue weighted by Gasteiger charge is -2.14. The van der Waals surface area contributed by atoms with E-state index >= 15 is 0 Å². The Morgan fingerprint density at radius 1 is 1.48 bits per heavy atom. The second-order valence-corrected chi connectivity index (χ2v) is 6.51. The fourth-order valence-electron chi connectivity index (χ4n) is 2.85. The van der Waals surface area contributed by atoms with E-state index in [0.29, 0.717) is 18.3 Å². The third kappa shape index (κ3) is 3.90. The molecule has 3 rings (SSSR count). The van der Waals surface area contributed by atoms with Gasteiger partial charge in [-0.05, 0) is 49.7 Å². The Morgan fingerprint density at radius 2 is 2.43 bits per heavy atom. The summed E-state index contributed by atoms with van der Waals surface area (Å²) in [6.07, 6.45) is 4.02. The smallest absolute Gasteiger partial charge is 0.227 e. The molecule has 1 fully saturated rings. The van der Waals surface area contributed by atoms with Gasteiger partial charge in [-0.3, -0.25) is 0 Å². The van der Waals surface area contributed by atoms with Crippen LogP contribution in [0.15, 0.2) is 22.0 Å². The van der Waals surface area contributed by atoms with Crippen LogP contribution in [0, 0.1) is 5.92 Å². The van der Waals surface area contributed by atoms with Gasteiger partial charge in [0, 0.05) is 19.6 Å². The van der Waals surface area contributed by atoms with Crippen molar-refractivity contribution in [3.8, 4) is 10.7 Å². The lowest BCUT2D eigenvalue weighted by atomic mass is 10.1. The number of thiophene rings is 1. The molecule has 2 aromatic heterocycles. The number of likely N-dealkylation sites (tertiary alicyclic amines) is 1. The van der Waals surface area contributed by atoms with Gasteiger partial charge in [0.2, 0.25) is 11.7 Å². The lowest BCUT2D eigenvalue weighted by Crippen LogP contribution is -2.22. The molecule has 0 saturated carbocycles. The number of hydrogen-bond donors (Lipinski definition) is 1. The molecule has 6 heteroatoms. The van der Waals surface area contributed by atoms with Crippen LogP contribution >= 0.6 is 11.3 Å². The number of aliphatic hydroxyl groups is 1. The first-order chi connectivity index (χ1) is 10.3. The van der Waals surface area contributed by atoms with Crippen LogP contribution in [0.1, 0.15) is 25.2 Å². The van der Waals surface area contributed by atoms with Crippen LogP contribution in [0.3, 0.4) is 0 Å². The summed E-state index contributed by atoms with van der Waals surface area (Å²) in [5, 5.41) is 15.0. The first kappa shape index (κ1) is 14.7. The number of hydrogen-bond acceptors (Lipinski definition) is 6. The third-order valence-corrected chi connectivity index (χ3v) is 4.85. The Kier molecular flexibility index (Phi) is 5.00. The average Bonchev–Trinajstić information content (AvgIpc) is 3.20. The van der Waals surface area contributed by atoms with E-state index in [1.807, 2.05) is 17.5 Å². The fraction of sp³-hybridized carbons (Fsp3) is 0.600. The minimum Gasteiger partial charge on any atom is -0.396 e. The van der Waals surface area contributed by atoms with Gasteiger partial charge in [-0.2, -0.15) is 4.98 Å². The molecule has 21 heavy (non-hydrogen) atoms. The minimum absolute atomic E-state index is 0.311. The SMILES string of the molecule is OCCC1CCN(CCCc2nc(-c3cccs3)no2)C1. The highest BCUT2D eigenvalue weighted by atomic mass is 32.1. The highest BCUT2D eigenvalue weighted by Crippen LogP contribution is 2.22. The molecule has 3 heterocycles. The molecular formula is C15H21N3O2S. The minimum atomic E-state index is 0.311. The van der Waals surface area contributed by atoms with Crippen molar-refractivity contribution in [1.82, 2.24) is 15.0 Å². The molecule has 1 atom stereocenters. The van der Waals surface area contributed by atoms with Gasteiger partial charge in [-0.25, -0.2) is 0 Å². The van der Waals surface area contributed by atoms with Gasteiger partial charge in [-0.1, -0.05) is 11.2 Å². The van der Waals surface area contributed by atoms with E-state index in [4.69, 9.17) is 9.63 Å². The van der Waals surface area contributed by atoms with Crippen molar-refractivity contribution in [3.63, 3.8) is 0 Å². The predicted molar refractivity (Wildman–Crippen MR) is 82.2 cm³/mol. The van der Waals surface area contributed by atoms with Gasteiger partial charge in [0.25, 0.3) is 0 Å². The molecule has 1 N–H and O–H groups in total. The van der Waals surface area contributed by atoms with Crippen LogP contribution in [0.5, 0.6) is 0 Å². The second kappa shape index (κ2) is 7.15. The highest BCUT2D eigenvalue weighted by molar-refractivity contribution is 7.13. The molecule has 0 bridgehead atoms. The molecule has 1 unspecified atom stereocenters. The maximum atomic E-state index is 8.97. The van der Waals surface area contributed by atoms with E-state index in [9.17, 15) is 0 Å². The number of nitrogens with zero attached hydrogens (tertiary/aromatic N) is 3. The fourth-order valence-corrected chi connectivity index (χ4v) is 3.50. The van der Waals surface area contributed by atoms with Gasteiger partial charge < -0.3 is 14.5 Å². The lowest BCUT2D eigenvalue weighted by molar-refractivity contribution is 0.249. The number of aromatic nitrogens is 2. The summed E-state index contributed by atoms with van der Waals surface area (Å²) < 4.78 is 5.31. The summed E-state index contributed by atoms with van der Waals surface area (Å²) in [6, 6.07) is 4.00. The van der Waals surface area contributed by atoms with E-state index < -0.39 is 0 Å². The molecule has 114 valence electrons. The Labute approximate surface area is 128 Å². The summed E-state index contributed by atoms with van der Waals surface area (Å²) in [6.45, 7) is 3.64. The normalized spacial score (nSPS) is 19.4. The first-order valence-electron chi connectivity index (χ1n) is 7.55. The molecular weight excluding hydrogens is 286 g/mol. The van der Waals surface area contributed by atoms with Crippen molar-refractivity contribution in [1.29, 1.82) is 0 Å². The Hall–Kier alpha value is -1.24. The van der Waals surface area contributed by atoms with E-state index in [0.717, 1.165) is 49.7 Å². The zero-order valence-electron chi connectivity index (χ0n) is 12.1. The Balaban J connectivity index is 1.42.